The molecule has 1 aliphatic rings. The largest absolute Gasteiger partial charge is 0.325 e. The van der Waals surface area contributed by atoms with Crippen molar-refractivity contribution in [1.29, 1.82) is 0 Å². The van der Waals surface area contributed by atoms with Crippen molar-refractivity contribution in [3.8, 4) is 0 Å². The van der Waals surface area contributed by atoms with Gasteiger partial charge in [0.1, 0.15) is 16.2 Å². The molecule has 4 rings (SSSR count). The molecule has 3 aromatic rings. The van der Waals surface area contributed by atoms with Gasteiger partial charge in [0.05, 0.1) is 10.1 Å². The minimum Gasteiger partial charge on any atom is -0.325 e. The lowest BCUT2D eigenvalue weighted by atomic mass is 10.2. The number of sulfonamides is 1. The summed E-state index contributed by atoms with van der Waals surface area (Å²) >= 11 is 2.88. The van der Waals surface area contributed by atoms with E-state index in [2.05, 4.69) is 15.3 Å². The highest BCUT2D eigenvalue weighted by Crippen LogP contribution is 2.31. The van der Waals surface area contributed by atoms with E-state index in [0.717, 1.165) is 34.5 Å². The second-order valence-corrected chi connectivity index (χ2v) is 11.2. The van der Waals surface area contributed by atoms with Gasteiger partial charge in [-0.15, -0.1) is 11.3 Å². The standard InChI is InChI=1S/C20H22N4O3S3/c1-14(29-20-17-8-11-28-19(17)21-13-22-20)18(25)23-15-6-5-7-16(12-15)30(26,27)24-9-3-2-4-10-24/h5-8,11-14H,2-4,9-10H2,1H3,(H,23,25). The fourth-order valence-corrected chi connectivity index (χ4v) is 6.58. The molecule has 0 saturated carbocycles. The maximum atomic E-state index is 12.9. The van der Waals surface area contributed by atoms with Gasteiger partial charge in [-0.1, -0.05) is 24.2 Å². The second kappa shape index (κ2) is 9.01. The van der Waals surface area contributed by atoms with Crippen molar-refractivity contribution >= 4 is 54.9 Å². The summed E-state index contributed by atoms with van der Waals surface area (Å²) in [7, 11) is -3.55. The monoisotopic (exact) mass is 462 g/mol. The van der Waals surface area contributed by atoms with Crippen LogP contribution in [0.25, 0.3) is 10.2 Å². The normalized spacial score (nSPS) is 16.4. The summed E-state index contributed by atoms with van der Waals surface area (Å²) in [5.74, 6) is -0.213. The van der Waals surface area contributed by atoms with Gasteiger partial charge in [0.25, 0.3) is 0 Å². The lowest BCUT2D eigenvalue weighted by Crippen LogP contribution is -2.35. The molecule has 0 radical (unpaired) electrons. The molecule has 10 heteroatoms. The van der Waals surface area contributed by atoms with Crippen LogP contribution in [0.3, 0.4) is 0 Å². The molecule has 1 N–H and O–H groups in total. The van der Waals surface area contributed by atoms with Crippen LogP contribution in [0.5, 0.6) is 0 Å². The molecule has 1 fully saturated rings. The molecule has 1 aromatic carbocycles. The third-order valence-corrected chi connectivity index (χ3v) is 8.77. The number of nitrogens with one attached hydrogen (secondary N) is 1. The number of rotatable bonds is 6. The first-order chi connectivity index (χ1) is 14.4. The number of amides is 1. The Balaban J connectivity index is 1.47. The average Bonchev–Trinajstić information content (AvgIpc) is 3.24. The number of nitrogens with zero attached hydrogens (tertiary/aromatic N) is 3. The minimum absolute atomic E-state index is 0.207. The molecule has 2 aromatic heterocycles. The molecular formula is C20H22N4O3S3. The Bertz CT molecular complexity index is 1160. The first-order valence-corrected chi connectivity index (χ1v) is 12.9. The number of piperidine rings is 1. The zero-order valence-electron chi connectivity index (χ0n) is 16.4. The number of carbonyl (C=O) groups excluding carboxylic acids is 1. The first-order valence-electron chi connectivity index (χ1n) is 9.71. The average molecular weight is 463 g/mol. The van der Waals surface area contributed by atoms with Crippen molar-refractivity contribution in [3.05, 3.63) is 42.0 Å². The molecule has 1 amide bonds. The molecule has 3 heterocycles. The number of anilines is 1. The van der Waals surface area contributed by atoms with E-state index in [-0.39, 0.29) is 10.8 Å². The number of benzene rings is 1. The summed E-state index contributed by atoms with van der Waals surface area (Å²) in [5, 5.41) is 6.06. The summed E-state index contributed by atoms with van der Waals surface area (Å²) < 4.78 is 27.3. The van der Waals surface area contributed by atoms with Crippen molar-refractivity contribution in [2.45, 2.75) is 41.4 Å². The van der Waals surface area contributed by atoms with Crippen LogP contribution >= 0.6 is 23.1 Å². The molecule has 7 nitrogen and oxygen atoms in total. The van der Waals surface area contributed by atoms with Crippen LogP contribution in [0.1, 0.15) is 26.2 Å². The van der Waals surface area contributed by atoms with E-state index < -0.39 is 15.3 Å². The summed E-state index contributed by atoms with van der Waals surface area (Å²) in [6, 6.07) is 8.41. The third-order valence-electron chi connectivity index (χ3n) is 4.94. The number of aromatic nitrogens is 2. The quantitative estimate of drug-likeness (QED) is 0.440. The fourth-order valence-electron chi connectivity index (χ4n) is 3.31. The van der Waals surface area contributed by atoms with E-state index in [1.165, 1.54) is 39.8 Å². The number of thioether (sulfide) groups is 1. The fraction of sp³-hybridized carbons (Fsp3) is 0.350. The topological polar surface area (TPSA) is 92.3 Å². The van der Waals surface area contributed by atoms with Crippen LogP contribution in [0.15, 0.2) is 52.0 Å². The van der Waals surface area contributed by atoms with Crippen LogP contribution in [-0.2, 0) is 14.8 Å². The molecule has 1 atom stereocenters. The SMILES string of the molecule is CC(Sc1ncnc2sccc12)C(=O)Nc1cccc(S(=O)(=O)N2CCCCC2)c1. The number of hydrogen-bond acceptors (Lipinski definition) is 7. The Kier molecular flexibility index (Phi) is 6.37. The van der Waals surface area contributed by atoms with Gasteiger partial charge in [-0.25, -0.2) is 18.4 Å². The highest BCUT2D eigenvalue weighted by molar-refractivity contribution is 8.00. The minimum atomic E-state index is -3.55. The van der Waals surface area contributed by atoms with E-state index in [1.54, 1.807) is 25.1 Å². The molecule has 1 aliphatic heterocycles. The first kappa shape index (κ1) is 21.2. The predicted octanol–water partition coefficient (Wildman–Crippen LogP) is 3.99. The van der Waals surface area contributed by atoms with Crippen molar-refractivity contribution in [1.82, 2.24) is 14.3 Å². The van der Waals surface area contributed by atoms with Gasteiger partial charge in [-0.3, -0.25) is 4.79 Å². The molecule has 0 aliphatic carbocycles. The Labute approximate surface area is 184 Å². The maximum Gasteiger partial charge on any atom is 0.243 e. The van der Waals surface area contributed by atoms with Crippen LogP contribution in [0.2, 0.25) is 0 Å². The van der Waals surface area contributed by atoms with Gasteiger partial charge in [0.15, 0.2) is 0 Å². The Morgan fingerprint density at radius 1 is 1.20 bits per heavy atom. The lowest BCUT2D eigenvalue weighted by molar-refractivity contribution is -0.115. The zero-order valence-corrected chi connectivity index (χ0v) is 18.9. The molecular weight excluding hydrogens is 440 g/mol. The Hall–Kier alpha value is -2.01. The molecule has 0 spiro atoms. The van der Waals surface area contributed by atoms with Gasteiger partial charge in [0.2, 0.25) is 15.9 Å². The maximum absolute atomic E-state index is 12.9. The van der Waals surface area contributed by atoms with Crippen molar-refractivity contribution in [2.75, 3.05) is 18.4 Å². The number of hydrogen-bond donors (Lipinski definition) is 1. The van der Waals surface area contributed by atoms with Crippen molar-refractivity contribution < 1.29 is 13.2 Å². The van der Waals surface area contributed by atoms with Crippen molar-refractivity contribution in [3.63, 3.8) is 0 Å². The predicted molar refractivity (Wildman–Crippen MR) is 120 cm³/mol. The van der Waals surface area contributed by atoms with Gasteiger partial charge < -0.3 is 5.32 Å². The second-order valence-electron chi connectivity index (χ2n) is 7.06. The molecule has 1 saturated heterocycles. The lowest BCUT2D eigenvalue weighted by Gasteiger charge is -2.26. The van der Waals surface area contributed by atoms with E-state index >= 15 is 0 Å². The summed E-state index contributed by atoms with van der Waals surface area (Å²) in [5.41, 5.74) is 0.467. The summed E-state index contributed by atoms with van der Waals surface area (Å²) in [4.78, 5) is 22.3. The van der Waals surface area contributed by atoms with E-state index in [4.69, 9.17) is 0 Å². The van der Waals surface area contributed by atoms with Crippen molar-refractivity contribution in [2.24, 2.45) is 0 Å². The van der Waals surface area contributed by atoms with Gasteiger partial charge in [-0.05, 0) is 49.4 Å². The van der Waals surface area contributed by atoms with E-state index in [0.29, 0.717) is 18.8 Å². The number of carbonyl (C=O) groups is 1. The van der Waals surface area contributed by atoms with Gasteiger partial charge in [0, 0.05) is 24.2 Å². The molecule has 0 bridgehead atoms. The number of thiophene rings is 1. The third kappa shape index (κ3) is 4.51. The molecule has 30 heavy (non-hydrogen) atoms. The van der Waals surface area contributed by atoms with E-state index in [9.17, 15) is 13.2 Å². The summed E-state index contributed by atoms with van der Waals surface area (Å²) in [6.45, 7) is 2.89. The van der Waals surface area contributed by atoms with Gasteiger partial charge in [-0.2, -0.15) is 4.31 Å². The number of fused-ring (bicyclic) bond motifs is 1. The molecule has 1 unspecified atom stereocenters. The highest BCUT2D eigenvalue weighted by Gasteiger charge is 2.26. The zero-order chi connectivity index (χ0) is 21.1. The summed E-state index contributed by atoms with van der Waals surface area (Å²) in [6.07, 6.45) is 4.32. The highest BCUT2D eigenvalue weighted by atomic mass is 32.2. The Morgan fingerprint density at radius 3 is 2.80 bits per heavy atom. The Morgan fingerprint density at radius 2 is 2.00 bits per heavy atom. The van der Waals surface area contributed by atoms with Crippen LogP contribution in [0, 0.1) is 0 Å². The smallest absolute Gasteiger partial charge is 0.243 e. The van der Waals surface area contributed by atoms with Crippen LogP contribution < -0.4 is 5.32 Å². The van der Waals surface area contributed by atoms with Gasteiger partial charge >= 0.3 is 0 Å². The molecule has 158 valence electrons. The van der Waals surface area contributed by atoms with E-state index in [1.807, 2.05) is 11.4 Å². The van der Waals surface area contributed by atoms with Crippen LogP contribution in [0.4, 0.5) is 5.69 Å². The van der Waals surface area contributed by atoms with Crippen LogP contribution in [-0.4, -0.2) is 46.9 Å².